The standard InChI is InChI=1S/C11H24N2O/c1-9(2)7-13(5)11(8-14)6-12-10(3)4/h8-12H,6-7H2,1-5H3. The predicted octanol–water partition coefficient (Wildman–Crippen LogP) is 1.14. The first-order valence-corrected chi connectivity index (χ1v) is 5.36. The van der Waals surface area contributed by atoms with Crippen molar-refractivity contribution in [1.29, 1.82) is 0 Å². The Morgan fingerprint density at radius 1 is 1.29 bits per heavy atom. The molecule has 84 valence electrons. The van der Waals surface area contributed by atoms with E-state index >= 15 is 0 Å². The van der Waals surface area contributed by atoms with E-state index < -0.39 is 0 Å². The van der Waals surface area contributed by atoms with Crippen molar-refractivity contribution in [3.63, 3.8) is 0 Å². The maximum atomic E-state index is 10.9. The Hall–Kier alpha value is -0.410. The minimum atomic E-state index is -0.000185. The van der Waals surface area contributed by atoms with Crippen LogP contribution in [0.25, 0.3) is 0 Å². The lowest BCUT2D eigenvalue weighted by atomic mass is 10.2. The average molecular weight is 200 g/mol. The fourth-order valence-electron chi connectivity index (χ4n) is 1.38. The summed E-state index contributed by atoms with van der Waals surface area (Å²) >= 11 is 0. The number of carbonyl (C=O) groups is 1. The Bertz CT molecular complexity index is 157. The van der Waals surface area contributed by atoms with Crippen LogP contribution in [0.15, 0.2) is 0 Å². The molecule has 0 bridgehead atoms. The summed E-state index contributed by atoms with van der Waals surface area (Å²) in [5.41, 5.74) is 0. The molecule has 0 aromatic rings. The lowest BCUT2D eigenvalue weighted by Crippen LogP contribution is -2.44. The zero-order valence-electron chi connectivity index (χ0n) is 10.1. The van der Waals surface area contributed by atoms with E-state index in [1.165, 1.54) is 0 Å². The van der Waals surface area contributed by atoms with E-state index in [1.807, 2.05) is 7.05 Å². The number of nitrogens with zero attached hydrogens (tertiary/aromatic N) is 1. The topological polar surface area (TPSA) is 32.3 Å². The molecule has 0 aromatic heterocycles. The van der Waals surface area contributed by atoms with Crippen molar-refractivity contribution in [2.75, 3.05) is 20.1 Å². The molecule has 1 N–H and O–H groups in total. The van der Waals surface area contributed by atoms with Gasteiger partial charge in [0.25, 0.3) is 0 Å². The molecule has 0 saturated carbocycles. The molecule has 0 radical (unpaired) electrons. The highest BCUT2D eigenvalue weighted by atomic mass is 16.1. The van der Waals surface area contributed by atoms with Crippen molar-refractivity contribution < 1.29 is 4.79 Å². The van der Waals surface area contributed by atoms with E-state index in [-0.39, 0.29) is 6.04 Å². The van der Waals surface area contributed by atoms with Gasteiger partial charge in [-0.1, -0.05) is 27.7 Å². The Kier molecular flexibility index (Phi) is 6.75. The summed E-state index contributed by atoms with van der Waals surface area (Å²) in [5.74, 6) is 0.599. The summed E-state index contributed by atoms with van der Waals surface area (Å²) in [5, 5.41) is 3.28. The van der Waals surface area contributed by atoms with E-state index in [9.17, 15) is 4.79 Å². The molecular formula is C11H24N2O. The molecule has 3 heteroatoms. The third-order valence-corrected chi connectivity index (χ3v) is 2.11. The quantitative estimate of drug-likeness (QED) is 0.626. The van der Waals surface area contributed by atoms with E-state index in [0.29, 0.717) is 12.0 Å². The molecule has 0 aliphatic heterocycles. The van der Waals surface area contributed by atoms with E-state index in [4.69, 9.17) is 0 Å². The molecule has 1 unspecified atom stereocenters. The van der Waals surface area contributed by atoms with Crippen molar-refractivity contribution in [3.8, 4) is 0 Å². The molecule has 0 aliphatic rings. The van der Waals surface area contributed by atoms with Crippen molar-refractivity contribution in [2.45, 2.75) is 39.8 Å². The van der Waals surface area contributed by atoms with Gasteiger partial charge in [0.05, 0.1) is 6.04 Å². The molecule has 0 spiro atoms. The minimum Gasteiger partial charge on any atom is -0.313 e. The van der Waals surface area contributed by atoms with E-state index in [1.54, 1.807) is 0 Å². The van der Waals surface area contributed by atoms with Crippen molar-refractivity contribution in [2.24, 2.45) is 5.92 Å². The number of rotatable bonds is 7. The van der Waals surface area contributed by atoms with Gasteiger partial charge in [0.15, 0.2) is 0 Å². The van der Waals surface area contributed by atoms with Crippen LogP contribution < -0.4 is 5.32 Å². The summed E-state index contributed by atoms with van der Waals surface area (Å²) < 4.78 is 0. The summed E-state index contributed by atoms with van der Waals surface area (Å²) in [6.45, 7) is 10.2. The van der Waals surface area contributed by atoms with Gasteiger partial charge < -0.3 is 10.1 Å². The first kappa shape index (κ1) is 13.6. The fourth-order valence-corrected chi connectivity index (χ4v) is 1.38. The SMILES string of the molecule is CC(C)CN(C)C(C=O)CNC(C)C. The van der Waals surface area contributed by atoms with Gasteiger partial charge in [0.2, 0.25) is 0 Å². The van der Waals surface area contributed by atoms with Gasteiger partial charge in [0, 0.05) is 19.1 Å². The van der Waals surface area contributed by atoms with Crippen LogP contribution in [0.2, 0.25) is 0 Å². The second-order valence-corrected chi connectivity index (χ2v) is 4.60. The van der Waals surface area contributed by atoms with Crippen LogP contribution in [-0.2, 0) is 4.79 Å². The van der Waals surface area contributed by atoms with Crippen LogP contribution in [0, 0.1) is 5.92 Å². The molecule has 14 heavy (non-hydrogen) atoms. The Balaban J connectivity index is 3.92. The van der Waals surface area contributed by atoms with Crippen LogP contribution in [-0.4, -0.2) is 43.4 Å². The molecule has 0 aliphatic carbocycles. The Morgan fingerprint density at radius 3 is 2.21 bits per heavy atom. The van der Waals surface area contributed by atoms with E-state index in [0.717, 1.165) is 19.4 Å². The van der Waals surface area contributed by atoms with E-state index in [2.05, 4.69) is 37.9 Å². The zero-order valence-corrected chi connectivity index (χ0v) is 10.1. The van der Waals surface area contributed by atoms with Gasteiger partial charge >= 0.3 is 0 Å². The molecule has 0 saturated heterocycles. The maximum absolute atomic E-state index is 10.9. The van der Waals surface area contributed by atoms with Crippen molar-refractivity contribution >= 4 is 6.29 Å². The molecular weight excluding hydrogens is 176 g/mol. The summed E-state index contributed by atoms with van der Waals surface area (Å²) in [6.07, 6.45) is 1.03. The largest absolute Gasteiger partial charge is 0.313 e. The number of nitrogens with one attached hydrogen (secondary N) is 1. The third-order valence-electron chi connectivity index (χ3n) is 2.11. The third kappa shape index (κ3) is 6.11. The lowest BCUT2D eigenvalue weighted by molar-refractivity contribution is -0.112. The monoisotopic (exact) mass is 200 g/mol. The summed E-state index contributed by atoms with van der Waals surface area (Å²) in [6, 6.07) is 0.435. The number of hydrogen-bond donors (Lipinski definition) is 1. The predicted molar refractivity (Wildman–Crippen MR) is 60.5 cm³/mol. The average Bonchev–Trinajstić information content (AvgIpc) is 2.03. The maximum Gasteiger partial charge on any atom is 0.138 e. The van der Waals surface area contributed by atoms with Gasteiger partial charge in [-0.3, -0.25) is 4.90 Å². The van der Waals surface area contributed by atoms with Gasteiger partial charge in [-0.25, -0.2) is 0 Å². The first-order chi connectivity index (χ1) is 6.47. The lowest BCUT2D eigenvalue weighted by Gasteiger charge is -2.26. The second kappa shape index (κ2) is 6.96. The number of aldehydes is 1. The van der Waals surface area contributed by atoms with Crippen LogP contribution in [0.1, 0.15) is 27.7 Å². The molecule has 3 nitrogen and oxygen atoms in total. The summed E-state index contributed by atoms with van der Waals surface area (Å²) in [7, 11) is 2.00. The van der Waals surface area contributed by atoms with Gasteiger partial charge in [-0.15, -0.1) is 0 Å². The zero-order chi connectivity index (χ0) is 11.1. The normalized spacial score (nSPS) is 14.0. The number of carbonyl (C=O) groups excluding carboxylic acids is 1. The van der Waals surface area contributed by atoms with Crippen LogP contribution >= 0.6 is 0 Å². The van der Waals surface area contributed by atoms with Gasteiger partial charge in [0.1, 0.15) is 6.29 Å². The highest BCUT2D eigenvalue weighted by molar-refractivity contribution is 5.57. The molecule has 0 rings (SSSR count). The van der Waals surface area contributed by atoms with Crippen molar-refractivity contribution in [3.05, 3.63) is 0 Å². The van der Waals surface area contributed by atoms with Gasteiger partial charge in [-0.05, 0) is 13.0 Å². The number of hydrogen-bond acceptors (Lipinski definition) is 3. The molecule has 0 fully saturated rings. The Morgan fingerprint density at radius 2 is 1.86 bits per heavy atom. The highest BCUT2D eigenvalue weighted by Gasteiger charge is 2.14. The highest BCUT2D eigenvalue weighted by Crippen LogP contribution is 1.99. The van der Waals surface area contributed by atoms with Crippen LogP contribution in [0.5, 0.6) is 0 Å². The first-order valence-electron chi connectivity index (χ1n) is 5.36. The second-order valence-electron chi connectivity index (χ2n) is 4.60. The Labute approximate surface area is 87.9 Å². The minimum absolute atomic E-state index is 0.000185. The smallest absolute Gasteiger partial charge is 0.138 e. The van der Waals surface area contributed by atoms with Crippen molar-refractivity contribution in [1.82, 2.24) is 10.2 Å². The van der Waals surface area contributed by atoms with Crippen LogP contribution in [0.4, 0.5) is 0 Å². The molecule has 1 atom stereocenters. The molecule has 0 heterocycles. The molecule has 0 amide bonds. The summed E-state index contributed by atoms with van der Waals surface area (Å²) in [4.78, 5) is 13.0. The fraction of sp³-hybridized carbons (Fsp3) is 0.909. The molecule has 0 aromatic carbocycles. The number of likely N-dealkylation sites (N-methyl/N-ethyl adjacent to an activating group) is 1. The van der Waals surface area contributed by atoms with Crippen LogP contribution in [0.3, 0.4) is 0 Å². The van der Waals surface area contributed by atoms with Gasteiger partial charge in [-0.2, -0.15) is 0 Å².